The molecule has 3 aromatic carbocycles. The van der Waals surface area contributed by atoms with Crippen LogP contribution in [0.3, 0.4) is 0 Å². The van der Waals surface area contributed by atoms with Crippen LogP contribution in [-0.2, 0) is 6.61 Å². The molecule has 0 radical (unpaired) electrons. The first-order valence-corrected chi connectivity index (χ1v) is 9.74. The molecule has 0 spiro atoms. The van der Waals surface area contributed by atoms with E-state index < -0.39 is 0 Å². The third kappa shape index (κ3) is 4.27. The molecule has 5 heteroatoms. The van der Waals surface area contributed by atoms with Crippen molar-refractivity contribution in [2.75, 3.05) is 5.32 Å². The van der Waals surface area contributed by atoms with Crippen LogP contribution in [0.5, 0.6) is 5.75 Å². The van der Waals surface area contributed by atoms with Crippen molar-refractivity contribution in [3.8, 4) is 16.3 Å². The molecule has 0 aliphatic carbocycles. The Morgan fingerprint density at radius 2 is 1.68 bits per heavy atom. The van der Waals surface area contributed by atoms with Gasteiger partial charge in [-0.15, -0.1) is 11.3 Å². The number of hydrogen-bond donors (Lipinski definition) is 1. The Morgan fingerprint density at radius 1 is 0.929 bits per heavy atom. The summed E-state index contributed by atoms with van der Waals surface area (Å²) in [6.45, 7) is 0.330. The van der Waals surface area contributed by atoms with E-state index in [4.69, 9.17) is 4.74 Å². The Bertz CT molecular complexity index is 1050. The lowest BCUT2D eigenvalue weighted by Gasteiger charge is -2.12. The standard InChI is InChI=1S/C23H18N2O2S/c26-22(25-19-12-10-17(11-13-19)23-24-14-15-28-23)21-9-5-4-6-18(21)16-27-20-7-2-1-3-8-20/h1-15H,16H2,(H,25,26). The number of amides is 1. The molecule has 0 aliphatic heterocycles. The summed E-state index contributed by atoms with van der Waals surface area (Å²) in [5.41, 5.74) is 3.21. The van der Waals surface area contributed by atoms with Crippen molar-refractivity contribution < 1.29 is 9.53 Å². The Hall–Kier alpha value is -3.44. The SMILES string of the molecule is O=C(Nc1ccc(-c2nccs2)cc1)c1ccccc1COc1ccccc1. The number of nitrogens with one attached hydrogen (secondary N) is 1. The van der Waals surface area contributed by atoms with Gasteiger partial charge in [0.15, 0.2) is 0 Å². The van der Waals surface area contributed by atoms with Gasteiger partial charge in [0.05, 0.1) is 0 Å². The number of rotatable bonds is 6. The molecule has 4 nitrogen and oxygen atoms in total. The monoisotopic (exact) mass is 386 g/mol. The molecule has 0 saturated heterocycles. The van der Waals surface area contributed by atoms with E-state index in [2.05, 4.69) is 10.3 Å². The lowest BCUT2D eigenvalue weighted by molar-refractivity contribution is 0.102. The number of hydrogen-bond acceptors (Lipinski definition) is 4. The van der Waals surface area contributed by atoms with Crippen molar-refractivity contribution in [2.45, 2.75) is 6.61 Å². The number of aromatic nitrogens is 1. The lowest BCUT2D eigenvalue weighted by Crippen LogP contribution is -2.15. The van der Waals surface area contributed by atoms with E-state index in [9.17, 15) is 4.79 Å². The minimum Gasteiger partial charge on any atom is -0.489 e. The molecule has 0 bridgehead atoms. The van der Waals surface area contributed by atoms with Gasteiger partial charge in [-0.05, 0) is 42.5 Å². The summed E-state index contributed by atoms with van der Waals surface area (Å²) < 4.78 is 5.80. The molecular weight excluding hydrogens is 368 g/mol. The molecule has 4 rings (SSSR count). The first-order valence-electron chi connectivity index (χ1n) is 8.86. The van der Waals surface area contributed by atoms with Crippen LogP contribution in [0, 0.1) is 0 Å². The molecule has 4 aromatic rings. The van der Waals surface area contributed by atoms with Gasteiger partial charge in [0.25, 0.3) is 5.91 Å². The Balaban J connectivity index is 1.46. The maximum Gasteiger partial charge on any atom is 0.256 e. The van der Waals surface area contributed by atoms with Crippen LogP contribution in [0.15, 0.2) is 90.4 Å². The Labute approximate surface area is 167 Å². The molecule has 0 unspecified atom stereocenters. The summed E-state index contributed by atoms with van der Waals surface area (Å²) in [6.07, 6.45) is 1.78. The highest BCUT2D eigenvalue weighted by molar-refractivity contribution is 7.13. The zero-order valence-electron chi connectivity index (χ0n) is 15.0. The van der Waals surface area contributed by atoms with Gasteiger partial charge in [0.1, 0.15) is 17.4 Å². The predicted molar refractivity (Wildman–Crippen MR) is 113 cm³/mol. The van der Waals surface area contributed by atoms with Crippen molar-refractivity contribution in [3.63, 3.8) is 0 Å². The van der Waals surface area contributed by atoms with Gasteiger partial charge in [0.2, 0.25) is 0 Å². The molecule has 0 aliphatic rings. The summed E-state index contributed by atoms with van der Waals surface area (Å²) in [7, 11) is 0. The fourth-order valence-electron chi connectivity index (χ4n) is 2.81. The summed E-state index contributed by atoms with van der Waals surface area (Å²) in [6, 6.07) is 24.7. The van der Waals surface area contributed by atoms with Gasteiger partial charge < -0.3 is 10.1 Å². The van der Waals surface area contributed by atoms with Crippen LogP contribution in [0.4, 0.5) is 5.69 Å². The van der Waals surface area contributed by atoms with Crippen LogP contribution in [0.2, 0.25) is 0 Å². The summed E-state index contributed by atoms with van der Waals surface area (Å²) in [5.74, 6) is 0.616. The zero-order chi connectivity index (χ0) is 19.2. The highest BCUT2D eigenvalue weighted by atomic mass is 32.1. The van der Waals surface area contributed by atoms with Crippen molar-refractivity contribution in [3.05, 3.63) is 102 Å². The van der Waals surface area contributed by atoms with Gasteiger partial charge >= 0.3 is 0 Å². The van der Waals surface area contributed by atoms with Crippen molar-refractivity contribution in [2.24, 2.45) is 0 Å². The van der Waals surface area contributed by atoms with E-state index in [-0.39, 0.29) is 5.91 Å². The van der Waals surface area contributed by atoms with Crippen LogP contribution in [0.25, 0.3) is 10.6 Å². The molecular formula is C23H18N2O2S. The Morgan fingerprint density at radius 3 is 2.43 bits per heavy atom. The van der Waals surface area contributed by atoms with Gasteiger partial charge in [-0.3, -0.25) is 4.79 Å². The summed E-state index contributed by atoms with van der Waals surface area (Å²) in [5, 5.41) is 5.86. The average Bonchev–Trinajstić information content (AvgIpc) is 3.29. The van der Waals surface area contributed by atoms with Crippen LogP contribution < -0.4 is 10.1 Å². The van der Waals surface area contributed by atoms with E-state index in [0.29, 0.717) is 12.2 Å². The van der Waals surface area contributed by atoms with Gasteiger partial charge in [-0.2, -0.15) is 0 Å². The molecule has 1 N–H and O–H groups in total. The number of anilines is 1. The smallest absolute Gasteiger partial charge is 0.256 e. The number of thiazole rings is 1. The average molecular weight is 386 g/mol. The molecule has 0 atom stereocenters. The van der Waals surface area contributed by atoms with E-state index in [1.54, 1.807) is 17.5 Å². The fraction of sp³-hybridized carbons (Fsp3) is 0.0435. The summed E-state index contributed by atoms with van der Waals surface area (Å²) >= 11 is 1.59. The first-order chi connectivity index (χ1) is 13.8. The molecule has 0 fully saturated rings. The number of nitrogens with zero attached hydrogens (tertiary/aromatic N) is 1. The molecule has 0 saturated carbocycles. The third-order valence-electron chi connectivity index (χ3n) is 4.22. The maximum atomic E-state index is 12.8. The largest absolute Gasteiger partial charge is 0.489 e. The van der Waals surface area contributed by atoms with E-state index in [1.165, 1.54) is 0 Å². The second-order valence-corrected chi connectivity index (χ2v) is 7.02. The molecule has 1 heterocycles. The molecule has 138 valence electrons. The van der Waals surface area contributed by atoms with Crippen molar-refractivity contribution in [1.82, 2.24) is 4.98 Å². The minimum absolute atomic E-state index is 0.158. The molecule has 28 heavy (non-hydrogen) atoms. The van der Waals surface area contributed by atoms with E-state index >= 15 is 0 Å². The van der Waals surface area contributed by atoms with Gasteiger partial charge in [-0.1, -0.05) is 36.4 Å². The molecule has 1 aromatic heterocycles. The topological polar surface area (TPSA) is 51.2 Å². The first kappa shape index (κ1) is 17.9. The quantitative estimate of drug-likeness (QED) is 0.466. The second kappa shape index (κ2) is 8.50. The van der Waals surface area contributed by atoms with Crippen molar-refractivity contribution >= 4 is 22.9 Å². The highest BCUT2D eigenvalue weighted by Gasteiger charge is 2.12. The van der Waals surface area contributed by atoms with Crippen molar-refractivity contribution in [1.29, 1.82) is 0 Å². The maximum absolute atomic E-state index is 12.8. The normalized spacial score (nSPS) is 10.4. The van der Waals surface area contributed by atoms with Gasteiger partial charge in [0, 0.05) is 34.0 Å². The number of carbonyl (C=O) groups is 1. The van der Waals surface area contributed by atoms with E-state index in [0.717, 1.165) is 27.6 Å². The van der Waals surface area contributed by atoms with E-state index in [1.807, 2.05) is 84.2 Å². The molecule has 1 amide bonds. The predicted octanol–water partition coefficient (Wildman–Crippen LogP) is 5.64. The van der Waals surface area contributed by atoms with Crippen LogP contribution in [-0.4, -0.2) is 10.9 Å². The van der Waals surface area contributed by atoms with Crippen LogP contribution >= 0.6 is 11.3 Å². The lowest BCUT2D eigenvalue weighted by atomic mass is 10.1. The number of para-hydroxylation sites is 1. The number of carbonyl (C=O) groups excluding carboxylic acids is 1. The minimum atomic E-state index is -0.158. The number of benzene rings is 3. The second-order valence-electron chi connectivity index (χ2n) is 6.13. The third-order valence-corrected chi connectivity index (χ3v) is 5.04. The van der Waals surface area contributed by atoms with Gasteiger partial charge in [-0.25, -0.2) is 4.98 Å². The Kier molecular flexibility index (Phi) is 5.45. The summed E-state index contributed by atoms with van der Waals surface area (Å²) in [4.78, 5) is 17.1. The number of ether oxygens (including phenoxy) is 1. The van der Waals surface area contributed by atoms with Crippen LogP contribution in [0.1, 0.15) is 15.9 Å². The highest BCUT2D eigenvalue weighted by Crippen LogP contribution is 2.24. The zero-order valence-corrected chi connectivity index (χ0v) is 15.9. The fourth-order valence-corrected chi connectivity index (χ4v) is 3.45.